The summed E-state index contributed by atoms with van der Waals surface area (Å²) in [6.07, 6.45) is 3.33. The molecule has 2 aromatic heterocycles. The number of oxime groups is 1. The average Bonchev–Trinajstić information content (AvgIpc) is 3.66. The first-order chi connectivity index (χ1) is 25.2. The van der Waals surface area contributed by atoms with Crippen LogP contribution in [-0.4, -0.2) is 52.2 Å². The molecular weight excluding hydrogens is 774 g/mol. The number of aliphatic hydroxyl groups excluding tert-OH is 1. The maximum atomic E-state index is 12.3. The molecular formula is C32H29Cl2N12NaO6S. The van der Waals surface area contributed by atoms with Crippen LogP contribution in [0.4, 0.5) is 11.4 Å². The van der Waals surface area contributed by atoms with E-state index in [-0.39, 0.29) is 60.3 Å². The van der Waals surface area contributed by atoms with Crippen LogP contribution in [-0.2, 0) is 41.4 Å². The number of halogens is 2. The van der Waals surface area contributed by atoms with E-state index in [1.807, 2.05) is 0 Å². The number of nitriles is 3. The number of hydrogen-bond acceptors (Lipinski definition) is 13. The zero-order valence-electron chi connectivity index (χ0n) is 29.3. The topological polar surface area (TPSA) is 264 Å². The molecule has 2 aromatic carbocycles. The molecule has 0 radical (unpaired) electrons. The number of aryl methyl sites for hydroxylation is 4. The van der Waals surface area contributed by atoms with Crippen LogP contribution >= 0.6 is 21.4 Å². The van der Waals surface area contributed by atoms with E-state index in [1.54, 1.807) is 110 Å². The molecule has 0 aliphatic heterocycles. The zero-order valence-corrected chi connectivity index (χ0v) is 33.6. The van der Waals surface area contributed by atoms with Crippen molar-refractivity contribution in [2.24, 2.45) is 24.4 Å². The van der Waals surface area contributed by atoms with Gasteiger partial charge in [-0.3, -0.25) is 19.0 Å². The molecule has 0 aliphatic carbocycles. The quantitative estimate of drug-likeness (QED) is 0.0577. The molecule has 0 aliphatic rings. The van der Waals surface area contributed by atoms with Crippen LogP contribution in [0.3, 0.4) is 0 Å². The molecule has 3 N–H and O–H groups in total. The second-order valence-electron chi connectivity index (χ2n) is 9.83. The molecule has 0 atom stereocenters. The third kappa shape index (κ3) is 18.2. The predicted molar refractivity (Wildman–Crippen MR) is 197 cm³/mol. The number of aromatic nitrogens is 4. The van der Waals surface area contributed by atoms with Crippen LogP contribution in [0.2, 0.25) is 0 Å². The second-order valence-corrected chi connectivity index (χ2v) is 12.4. The van der Waals surface area contributed by atoms with E-state index in [2.05, 4.69) is 57.4 Å². The number of amidine groups is 1. The maximum absolute atomic E-state index is 12.3. The van der Waals surface area contributed by atoms with E-state index in [0.29, 0.717) is 33.9 Å². The number of amides is 2. The Morgan fingerprint density at radius 3 is 1.72 bits per heavy atom. The Balaban J connectivity index is 0.000000821. The van der Waals surface area contributed by atoms with Crippen molar-refractivity contribution >= 4 is 65.3 Å². The van der Waals surface area contributed by atoms with Crippen LogP contribution < -0.4 is 40.2 Å². The van der Waals surface area contributed by atoms with Gasteiger partial charge >= 0.3 is 35.4 Å². The number of aliphatic hydroxyl groups is 1. The normalized spacial score (nSPS) is 9.52. The molecule has 4 aromatic rings. The summed E-state index contributed by atoms with van der Waals surface area (Å²) in [6, 6.07) is 18.6. The second kappa shape index (κ2) is 26.2. The van der Waals surface area contributed by atoms with Gasteiger partial charge in [0.25, 0.3) is 17.5 Å². The number of carbonyl (C=O) groups excluding carboxylic acids is 2. The first kappa shape index (κ1) is 48.4. The molecule has 0 fully saturated rings. The molecule has 0 spiro atoms. The molecule has 0 unspecified atom stereocenters. The summed E-state index contributed by atoms with van der Waals surface area (Å²) in [5, 5.41) is 62.4. The van der Waals surface area contributed by atoms with Crippen LogP contribution in [0.25, 0.3) is 4.85 Å². The SMILES string of the molecule is Cc1nn(C)cc1C(=O)Nc1cccc(CO)c1.Cc1nn(C)cc1C(=O)Nc1cccc(CON=C(C#N)C#N)c1.O=S(Cl)Cl.[C-]#[N+]/C(C#N)=N/[O-].[Na+]. The smallest absolute Gasteiger partial charge is 0.691 e. The van der Waals surface area contributed by atoms with Crippen molar-refractivity contribution in [1.29, 1.82) is 15.8 Å². The van der Waals surface area contributed by atoms with E-state index in [0.717, 1.165) is 11.1 Å². The fraction of sp³-hybridized carbons (Fsp3) is 0.188. The molecule has 0 saturated carbocycles. The van der Waals surface area contributed by atoms with Gasteiger partial charge in [-0.15, -0.1) is 5.16 Å². The Morgan fingerprint density at radius 2 is 1.39 bits per heavy atom. The molecule has 4 rings (SSSR count). The Morgan fingerprint density at radius 1 is 0.944 bits per heavy atom. The molecule has 54 heavy (non-hydrogen) atoms. The van der Waals surface area contributed by atoms with E-state index in [4.69, 9.17) is 36.5 Å². The first-order valence-electron chi connectivity index (χ1n) is 14.4. The summed E-state index contributed by atoms with van der Waals surface area (Å²) >= 11 is 0. The minimum absolute atomic E-state index is 0. The Kier molecular flexibility index (Phi) is 23.5. The number of anilines is 2. The third-order valence-electron chi connectivity index (χ3n) is 5.96. The predicted octanol–water partition coefficient (Wildman–Crippen LogP) is 1.75. The number of nitrogens with zero attached hydrogens (tertiary/aromatic N) is 10. The van der Waals surface area contributed by atoms with E-state index >= 15 is 0 Å². The van der Waals surface area contributed by atoms with Crippen LogP contribution in [0.1, 0.15) is 43.2 Å². The minimum Gasteiger partial charge on any atom is -0.691 e. The zero-order chi connectivity index (χ0) is 39.9. The van der Waals surface area contributed by atoms with Crippen molar-refractivity contribution < 1.29 is 53.3 Å². The number of rotatable bonds is 8. The summed E-state index contributed by atoms with van der Waals surface area (Å²) < 4.78 is 12.3. The molecule has 0 bridgehead atoms. The Labute approximate surface area is 343 Å². The summed E-state index contributed by atoms with van der Waals surface area (Å²) in [7, 11) is 10.9. The van der Waals surface area contributed by atoms with E-state index in [9.17, 15) is 14.8 Å². The number of hydrogen-bond donors (Lipinski definition) is 3. The monoisotopic (exact) mass is 802 g/mol. The van der Waals surface area contributed by atoms with Crippen LogP contribution in [0.15, 0.2) is 71.2 Å². The fourth-order valence-electron chi connectivity index (χ4n) is 3.83. The van der Waals surface area contributed by atoms with Crippen molar-refractivity contribution in [3.05, 3.63) is 111 Å². The van der Waals surface area contributed by atoms with Crippen molar-refractivity contribution in [1.82, 2.24) is 19.6 Å². The Bertz CT molecular complexity index is 2110. The molecule has 2 amide bonds. The van der Waals surface area contributed by atoms with Gasteiger partial charge in [-0.1, -0.05) is 36.0 Å². The number of carbonyl (C=O) groups is 2. The van der Waals surface area contributed by atoms with Gasteiger partial charge in [-0.25, -0.2) is 9.47 Å². The summed E-state index contributed by atoms with van der Waals surface area (Å²) in [4.78, 5) is 31.7. The third-order valence-corrected chi connectivity index (χ3v) is 5.96. The minimum atomic E-state index is -1.67. The van der Waals surface area contributed by atoms with E-state index < -0.39 is 15.1 Å². The van der Waals surface area contributed by atoms with Crippen LogP contribution in [0.5, 0.6) is 0 Å². The van der Waals surface area contributed by atoms with Gasteiger partial charge in [-0.2, -0.15) is 20.7 Å². The standard InChI is InChI=1S/C16H14N6O2.C13H15N3O2.C3HN3O.Cl2OS.Na/c1-11-15(9-22(2)20-11)16(23)19-13-5-3-4-12(6-13)10-24-21-14(7-17)8-18;1-9-12(7-16(2)15-9)13(18)14-11-5-3-4-10(6-11)8-17;1-5-3(2-4)6-7;1-4(2)3;/h3-6,9H,10H2,1-2H3,(H,19,23);3-7,17H,8H2,1-2H3,(H,14,18);7H;;/q;;;;+1/p-1/b;;6-3+;;. The summed E-state index contributed by atoms with van der Waals surface area (Å²) in [6.45, 7) is 9.61. The number of benzene rings is 2. The van der Waals surface area contributed by atoms with Gasteiger partial charge in [0.05, 0.1) is 29.1 Å². The van der Waals surface area contributed by atoms with Crippen LogP contribution in [0, 0.1) is 59.6 Å². The summed E-state index contributed by atoms with van der Waals surface area (Å²) in [5.74, 6) is -1.11. The molecule has 0 saturated heterocycles. The average molecular weight is 804 g/mol. The van der Waals surface area contributed by atoms with Gasteiger partial charge in [0.2, 0.25) is 9.23 Å². The van der Waals surface area contributed by atoms with Gasteiger partial charge < -0.3 is 30.6 Å². The van der Waals surface area contributed by atoms with Gasteiger partial charge in [0.1, 0.15) is 24.8 Å². The molecule has 274 valence electrons. The van der Waals surface area contributed by atoms with Gasteiger partial charge in [0, 0.05) is 59.2 Å². The summed E-state index contributed by atoms with van der Waals surface area (Å²) in [5.41, 5.74) is 4.77. The van der Waals surface area contributed by atoms with Crippen molar-refractivity contribution in [2.75, 3.05) is 10.6 Å². The van der Waals surface area contributed by atoms with Crippen molar-refractivity contribution in [2.45, 2.75) is 27.1 Å². The molecule has 22 heteroatoms. The largest absolute Gasteiger partial charge is 1.00 e. The van der Waals surface area contributed by atoms with Gasteiger partial charge in [0.15, 0.2) is 0 Å². The fourth-order valence-corrected chi connectivity index (χ4v) is 3.83. The molecule has 2 heterocycles. The van der Waals surface area contributed by atoms with Crippen molar-refractivity contribution in [3.63, 3.8) is 0 Å². The first-order valence-corrected chi connectivity index (χ1v) is 17.2. The Hall–Kier alpha value is -5.61. The number of nitrogens with one attached hydrogen (secondary N) is 2. The van der Waals surface area contributed by atoms with Crippen molar-refractivity contribution in [3.8, 4) is 18.2 Å². The maximum Gasteiger partial charge on any atom is 1.00 e. The molecule has 18 nitrogen and oxygen atoms in total. The van der Waals surface area contributed by atoms with Gasteiger partial charge in [-0.05, 0) is 49.2 Å². The van der Waals surface area contributed by atoms with E-state index in [1.165, 1.54) is 6.07 Å².